The minimum absolute atomic E-state index is 0. The topological polar surface area (TPSA) is 74.7 Å². The monoisotopic (exact) mass is 355 g/mol. The molecule has 9 heteroatoms. The molecule has 0 aromatic heterocycles. The second-order valence-corrected chi connectivity index (χ2v) is 6.83. The summed E-state index contributed by atoms with van der Waals surface area (Å²) in [5, 5.41) is 9.07. The normalized spacial score (nSPS) is 19.1. The number of alkyl halides is 2. The molecule has 1 aromatic carbocycles. The van der Waals surface area contributed by atoms with Crippen LogP contribution in [0, 0.1) is 0 Å². The minimum Gasteiger partial charge on any atom is -0.480 e. The Bertz CT molecular complexity index is 621. The van der Waals surface area contributed by atoms with Crippen molar-refractivity contribution in [1.29, 1.82) is 0 Å². The summed E-state index contributed by atoms with van der Waals surface area (Å²) in [7, 11) is -4.59. The summed E-state index contributed by atoms with van der Waals surface area (Å²) in [4.78, 5) is 12.4. The smallest absolute Gasteiger partial charge is 0.341 e. The van der Waals surface area contributed by atoms with E-state index in [1.54, 1.807) is 4.90 Å². The number of hydrogen-bond donors (Lipinski definition) is 1. The van der Waals surface area contributed by atoms with Crippen LogP contribution in [-0.4, -0.2) is 42.7 Å². The molecule has 124 valence electrons. The maximum atomic E-state index is 12.4. The van der Waals surface area contributed by atoms with E-state index in [1.807, 2.05) is 0 Å². The van der Waals surface area contributed by atoms with Crippen LogP contribution in [-0.2, 0) is 21.2 Å². The lowest BCUT2D eigenvalue weighted by Crippen LogP contribution is -2.35. The van der Waals surface area contributed by atoms with Gasteiger partial charge in [0.15, 0.2) is 0 Å². The number of carboxylic acids is 1. The van der Waals surface area contributed by atoms with Crippen LogP contribution in [0.15, 0.2) is 29.2 Å². The highest BCUT2D eigenvalue weighted by Gasteiger charge is 2.30. The van der Waals surface area contributed by atoms with Gasteiger partial charge in [0.1, 0.15) is 6.04 Å². The van der Waals surface area contributed by atoms with E-state index < -0.39 is 32.5 Å². The van der Waals surface area contributed by atoms with Crippen molar-refractivity contribution >= 4 is 28.2 Å². The minimum atomic E-state index is -4.59. The second-order valence-electron chi connectivity index (χ2n) is 4.92. The zero-order valence-corrected chi connectivity index (χ0v) is 13.1. The molecule has 0 saturated carbocycles. The summed E-state index contributed by atoms with van der Waals surface area (Å²) in [5.74, 6) is -4.33. The number of halogens is 3. The van der Waals surface area contributed by atoms with Gasteiger partial charge < -0.3 is 5.11 Å². The van der Waals surface area contributed by atoms with E-state index in [0.29, 0.717) is 25.1 Å². The van der Waals surface area contributed by atoms with Gasteiger partial charge in [-0.2, -0.15) is 8.78 Å². The van der Waals surface area contributed by atoms with Gasteiger partial charge >= 0.3 is 11.7 Å². The lowest BCUT2D eigenvalue weighted by molar-refractivity contribution is -0.142. The van der Waals surface area contributed by atoms with Gasteiger partial charge in [0.2, 0.25) is 9.84 Å². The highest BCUT2D eigenvalue weighted by atomic mass is 35.5. The van der Waals surface area contributed by atoms with Gasteiger partial charge in [-0.3, -0.25) is 9.69 Å². The number of carboxylic acid groups (broad SMARTS) is 1. The highest BCUT2D eigenvalue weighted by Crippen LogP contribution is 2.22. The first-order valence-electron chi connectivity index (χ1n) is 6.40. The molecule has 1 N–H and O–H groups in total. The zero-order valence-electron chi connectivity index (χ0n) is 11.5. The van der Waals surface area contributed by atoms with E-state index in [9.17, 15) is 22.0 Å². The molecule has 0 unspecified atom stereocenters. The van der Waals surface area contributed by atoms with Gasteiger partial charge in [-0.1, -0.05) is 12.1 Å². The lowest BCUT2D eigenvalue weighted by Gasteiger charge is -2.21. The predicted molar refractivity (Wildman–Crippen MR) is 77.9 cm³/mol. The highest BCUT2D eigenvalue weighted by molar-refractivity contribution is 7.91. The molecule has 0 bridgehead atoms. The predicted octanol–water partition coefficient (Wildman–Crippen LogP) is 2.15. The number of likely N-dealkylation sites (tertiary alicyclic amines) is 1. The zero-order chi connectivity index (χ0) is 15.6. The van der Waals surface area contributed by atoms with Crippen LogP contribution in [0.4, 0.5) is 8.78 Å². The van der Waals surface area contributed by atoms with E-state index in [-0.39, 0.29) is 12.4 Å². The third-order valence-corrected chi connectivity index (χ3v) is 4.92. The molecule has 1 saturated heterocycles. The maximum Gasteiger partial charge on any atom is 0.341 e. The summed E-state index contributed by atoms with van der Waals surface area (Å²) < 4.78 is 47.4. The van der Waals surface area contributed by atoms with Crippen molar-refractivity contribution < 1.29 is 27.1 Å². The molecule has 1 fully saturated rings. The van der Waals surface area contributed by atoms with Crippen LogP contribution >= 0.6 is 12.4 Å². The van der Waals surface area contributed by atoms with E-state index in [2.05, 4.69) is 0 Å². The number of nitrogens with zero attached hydrogens (tertiary/aromatic N) is 1. The molecule has 5 nitrogen and oxygen atoms in total. The van der Waals surface area contributed by atoms with Gasteiger partial charge in [-0.25, -0.2) is 8.42 Å². The standard InChI is InChI=1S/C13H15F2NO4S.ClH/c14-13(15)21(19,20)10-5-3-9(4-6-10)8-16-7-1-2-11(16)12(17)18;/h3-6,11,13H,1-2,7-8H2,(H,17,18);1H/t11-;/m0./s1. The third kappa shape index (κ3) is 3.93. The van der Waals surface area contributed by atoms with Crippen molar-refractivity contribution in [1.82, 2.24) is 4.90 Å². The molecule has 0 spiro atoms. The average molecular weight is 356 g/mol. The van der Waals surface area contributed by atoms with Gasteiger partial charge in [-0.05, 0) is 37.1 Å². The SMILES string of the molecule is Cl.O=C(O)[C@@H]1CCCN1Cc1ccc(S(=O)(=O)C(F)F)cc1. The van der Waals surface area contributed by atoms with Crippen molar-refractivity contribution in [3.8, 4) is 0 Å². The van der Waals surface area contributed by atoms with Crippen molar-refractivity contribution in [2.45, 2.75) is 36.1 Å². The fourth-order valence-corrected chi connectivity index (χ4v) is 3.14. The van der Waals surface area contributed by atoms with Crippen molar-refractivity contribution in [2.75, 3.05) is 6.54 Å². The fraction of sp³-hybridized carbons (Fsp3) is 0.462. The summed E-state index contributed by atoms with van der Waals surface area (Å²) in [6.45, 7) is 1.00. The summed E-state index contributed by atoms with van der Waals surface area (Å²) in [5.41, 5.74) is 0.691. The molecule has 1 aromatic rings. The van der Waals surface area contributed by atoms with E-state index in [1.165, 1.54) is 12.1 Å². The Balaban J connectivity index is 0.00000242. The average Bonchev–Trinajstić information content (AvgIpc) is 2.87. The first-order valence-corrected chi connectivity index (χ1v) is 7.95. The molecular weight excluding hydrogens is 340 g/mol. The van der Waals surface area contributed by atoms with Crippen LogP contribution in [0.25, 0.3) is 0 Å². The summed E-state index contributed by atoms with van der Waals surface area (Å²) in [6.07, 6.45) is 1.36. The maximum absolute atomic E-state index is 12.4. The largest absolute Gasteiger partial charge is 0.480 e. The molecule has 22 heavy (non-hydrogen) atoms. The van der Waals surface area contributed by atoms with Gasteiger partial charge in [-0.15, -0.1) is 12.4 Å². The van der Waals surface area contributed by atoms with Crippen molar-refractivity contribution in [2.24, 2.45) is 0 Å². The number of aliphatic carboxylic acids is 1. The van der Waals surface area contributed by atoms with Gasteiger partial charge in [0.25, 0.3) is 0 Å². The molecule has 0 aliphatic carbocycles. The van der Waals surface area contributed by atoms with Crippen LogP contribution in [0.5, 0.6) is 0 Å². The molecular formula is C13H16ClF2NO4S. The molecule has 2 rings (SSSR count). The van der Waals surface area contributed by atoms with E-state index in [4.69, 9.17) is 5.11 Å². The molecule has 1 aliphatic heterocycles. The Labute approximate surface area is 133 Å². The number of benzene rings is 1. The molecule has 0 amide bonds. The Morgan fingerprint density at radius 1 is 1.32 bits per heavy atom. The quantitative estimate of drug-likeness (QED) is 0.876. The Morgan fingerprint density at radius 3 is 2.41 bits per heavy atom. The first-order chi connectivity index (χ1) is 9.82. The van der Waals surface area contributed by atoms with Crippen LogP contribution in [0.3, 0.4) is 0 Å². The second kappa shape index (κ2) is 7.34. The molecule has 1 heterocycles. The fourth-order valence-electron chi connectivity index (χ4n) is 2.42. The van der Waals surface area contributed by atoms with Gasteiger partial charge in [0, 0.05) is 6.54 Å². The number of carbonyl (C=O) groups is 1. The molecule has 1 aliphatic rings. The first kappa shape index (κ1) is 18.8. The van der Waals surface area contributed by atoms with Crippen LogP contribution in [0.1, 0.15) is 18.4 Å². The van der Waals surface area contributed by atoms with E-state index in [0.717, 1.165) is 18.6 Å². The molecule has 1 atom stereocenters. The Hall–Kier alpha value is -1.25. The number of hydrogen-bond acceptors (Lipinski definition) is 4. The summed E-state index contributed by atoms with van der Waals surface area (Å²) in [6, 6.07) is 4.58. The van der Waals surface area contributed by atoms with Crippen molar-refractivity contribution in [3.05, 3.63) is 29.8 Å². The third-order valence-electron chi connectivity index (χ3n) is 3.52. The Kier molecular flexibility index (Phi) is 6.27. The number of sulfone groups is 1. The van der Waals surface area contributed by atoms with E-state index >= 15 is 0 Å². The van der Waals surface area contributed by atoms with Crippen LogP contribution in [0.2, 0.25) is 0 Å². The van der Waals surface area contributed by atoms with Crippen LogP contribution < -0.4 is 0 Å². The Morgan fingerprint density at radius 2 is 1.91 bits per heavy atom. The summed E-state index contributed by atoms with van der Waals surface area (Å²) >= 11 is 0. The number of rotatable bonds is 5. The molecule has 0 radical (unpaired) electrons. The lowest BCUT2D eigenvalue weighted by atomic mass is 10.2. The van der Waals surface area contributed by atoms with Crippen molar-refractivity contribution in [3.63, 3.8) is 0 Å². The van der Waals surface area contributed by atoms with Gasteiger partial charge in [0.05, 0.1) is 4.90 Å².